The van der Waals surface area contributed by atoms with E-state index in [1.165, 1.54) is 25.7 Å². The maximum Gasteiger partial charge on any atom is 0.222 e. The summed E-state index contributed by atoms with van der Waals surface area (Å²) in [6.45, 7) is 11.8. The zero-order chi connectivity index (χ0) is 16.2. The summed E-state index contributed by atoms with van der Waals surface area (Å²) in [6.07, 6.45) is 7.78. The van der Waals surface area contributed by atoms with Crippen LogP contribution in [0, 0.1) is 17.8 Å². The Morgan fingerprint density at radius 1 is 1.23 bits per heavy atom. The molecule has 0 saturated carbocycles. The van der Waals surface area contributed by atoms with Crippen LogP contribution in [0.4, 0.5) is 0 Å². The molecule has 128 valence electrons. The third kappa shape index (κ3) is 5.26. The van der Waals surface area contributed by atoms with Crippen LogP contribution in [-0.4, -0.2) is 36.1 Å². The number of hydrogen-bond donors (Lipinski definition) is 0. The van der Waals surface area contributed by atoms with Gasteiger partial charge in [-0.25, -0.2) is 0 Å². The molecule has 2 saturated heterocycles. The van der Waals surface area contributed by atoms with E-state index in [-0.39, 0.29) is 5.60 Å². The van der Waals surface area contributed by atoms with Crippen molar-refractivity contribution >= 4 is 5.91 Å². The van der Waals surface area contributed by atoms with Crippen LogP contribution in [0.25, 0.3) is 0 Å². The van der Waals surface area contributed by atoms with Crippen molar-refractivity contribution in [2.45, 2.75) is 78.2 Å². The largest absolute Gasteiger partial charge is 0.376 e. The number of rotatable bonds is 6. The summed E-state index contributed by atoms with van der Waals surface area (Å²) >= 11 is 0. The number of carbonyl (C=O) groups is 1. The lowest BCUT2D eigenvalue weighted by Gasteiger charge is -2.39. The maximum atomic E-state index is 12.6. The van der Waals surface area contributed by atoms with E-state index in [1.807, 2.05) is 0 Å². The Kier molecular flexibility index (Phi) is 6.31. The lowest BCUT2D eigenvalue weighted by Crippen LogP contribution is -2.38. The fourth-order valence-electron chi connectivity index (χ4n) is 4.05. The smallest absolute Gasteiger partial charge is 0.222 e. The van der Waals surface area contributed by atoms with Gasteiger partial charge in [-0.1, -0.05) is 20.3 Å². The summed E-state index contributed by atoms with van der Waals surface area (Å²) in [6, 6.07) is 0. The van der Waals surface area contributed by atoms with Crippen molar-refractivity contribution in [3.63, 3.8) is 0 Å². The van der Waals surface area contributed by atoms with Crippen molar-refractivity contribution < 1.29 is 9.53 Å². The van der Waals surface area contributed by atoms with E-state index >= 15 is 0 Å². The van der Waals surface area contributed by atoms with Gasteiger partial charge in [-0.3, -0.25) is 4.79 Å². The van der Waals surface area contributed by atoms with Crippen LogP contribution in [0.15, 0.2) is 0 Å². The Hall–Kier alpha value is -0.570. The minimum Gasteiger partial charge on any atom is -0.376 e. The summed E-state index contributed by atoms with van der Waals surface area (Å²) in [5.41, 5.74) is -0.0182. The number of carbonyl (C=O) groups excluding carboxylic acids is 1. The molecule has 0 bridgehead atoms. The first-order valence-electron chi connectivity index (χ1n) is 9.29. The standard InChI is InChI=1S/C19H35NO2/c1-15(2)7-8-16(13-18(21)20-10-5-6-11-20)17-9-12-22-19(3,4)14-17/h15-17H,5-14H2,1-4H3. The Bertz CT molecular complexity index is 358. The van der Waals surface area contributed by atoms with Crippen LogP contribution < -0.4 is 0 Å². The molecule has 1 amide bonds. The molecule has 0 aromatic rings. The molecule has 2 rings (SSSR count). The molecule has 0 N–H and O–H groups in total. The summed E-state index contributed by atoms with van der Waals surface area (Å²) in [5.74, 6) is 2.31. The normalized spacial score (nSPS) is 26.4. The third-order valence-corrected chi connectivity index (χ3v) is 5.41. The van der Waals surface area contributed by atoms with Gasteiger partial charge in [-0.05, 0) is 63.7 Å². The van der Waals surface area contributed by atoms with E-state index in [4.69, 9.17) is 4.74 Å². The van der Waals surface area contributed by atoms with E-state index in [0.29, 0.717) is 17.7 Å². The molecule has 0 aliphatic carbocycles. The lowest BCUT2D eigenvalue weighted by atomic mass is 9.75. The molecule has 2 heterocycles. The van der Waals surface area contributed by atoms with Crippen LogP contribution in [0.3, 0.4) is 0 Å². The highest BCUT2D eigenvalue weighted by molar-refractivity contribution is 5.76. The predicted molar refractivity (Wildman–Crippen MR) is 90.7 cm³/mol. The summed E-state index contributed by atoms with van der Waals surface area (Å²) in [5, 5.41) is 0. The second-order valence-electron chi connectivity index (χ2n) is 8.38. The van der Waals surface area contributed by atoms with Gasteiger partial charge in [0.05, 0.1) is 5.60 Å². The lowest BCUT2D eigenvalue weighted by molar-refractivity contribution is -0.133. The van der Waals surface area contributed by atoms with Crippen LogP contribution in [-0.2, 0) is 9.53 Å². The number of nitrogens with zero attached hydrogens (tertiary/aromatic N) is 1. The quantitative estimate of drug-likeness (QED) is 0.734. The molecular formula is C19H35NO2. The highest BCUT2D eigenvalue weighted by Gasteiger charge is 2.35. The molecule has 0 radical (unpaired) electrons. The molecule has 0 aromatic carbocycles. The molecule has 2 aliphatic heterocycles. The van der Waals surface area contributed by atoms with E-state index < -0.39 is 0 Å². The number of hydrogen-bond acceptors (Lipinski definition) is 2. The Balaban J connectivity index is 1.96. The number of likely N-dealkylation sites (tertiary alicyclic amines) is 1. The Morgan fingerprint density at radius 3 is 2.50 bits per heavy atom. The van der Waals surface area contributed by atoms with E-state index in [9.17, 15) is 4.79 Å². The van der Waals surface area contributed by atoms with Crippen molar-refractivity contribution in [3.8, 4) is 0 Å². The Morgan fingerprint density at radius 2 is 1.91 bits per heavy atom. The molecule has 0 aromatic heterocycles. The van der Waals surface area contributed by atoms with Crippen LogP contribution in [0.1, 0.15) is 72.6 Å². The van der Waals surface area contributed by atoms with Gasteiger partial charge in [0, 0.05) is 26.1 Å². The average Bonchev–Trinajstić information content (AvgIpc) is 2.96. The SMILES string of the molecule is CC(C)CCC(CC(=O)N1CCCC1)C1CCOC(C)(C)C1. The van der Waals surface area contributed by atoms with E-state index in [2.05, 4.69) is 32.6 Å². The minimum absolute atomic E-state index is 0.0182. The predicted octanol–water partition coefficient (Wildman–Crippen LogP) is 4.26. The maximum absolute atomic E-state index is 12.6. The second kappa shape index (κ2) is 7.81. The molecule has 22 heavy (non-hydrogen) atoms. The monoisotopic (exact) mass is 309 g/mol. The Labute approximate surface area is 136 Å². The van der Waals surface area contributed by atoms with Crippen LogP contribution in [0.2, 0.25) is 0 Å². The molecule has 2 atom stereocenters. The average molecular weight is 309 g/mol. The fourth-order valence-corrected chi connectivity index (χ4v) is 4.05. The van der Waals surface area contributed by atoms with Gasteiger partial charge in [0.15, 0.2) is 0 Å². The fraction of sp³-hybridized carbons (Fsp3) is 0.947. The first kappa shape index (κ1) is 17.8. The van der Waals surface area contributed by atoms with Crippen molar-refractivity contribution in [2.24, 2.45) is 17.8 Å². The van der Waals surface area contributed by atoms with Gasteiger partial charge >= 0.3 is 0 Å². The van der Waals surface area contributed by atoms with Crippen molar-refractivity contribution in [1.29, 1.82) is 0 Å². The van der Waals surface area contributed by atoms with Gasteiger partial charge in [-0.15, -0.1) is 0 Å². The van der Waals surface area contributed by atoms with Gasteiger partial charge in [0.1, 0.15) is 0 Å². The van der Waals surface area contributed by atoms with Gasteiger partial charge in [-0.2, -0.15) is 0 Å². The summed E-state index contributed by atoms with van der Waals surface area (Å²) in [7, 11) is 0. The molecule has 2 unspecified atom stereocenters. The molecule has 2 aliphatic rings. The van der Waals surface area contributed by atoms with Gasteiger partial charge in [0.25, 0.3) is 0 Å². The van der Waals surface area contributed by atoms with Gasteiger partial charge < -0.3 is 9.64 Å². The second-order valence-corrected chi connectivity index (χ2v) is 8.38. The molecule has 3 heteroatoms. The first-order chi connectivity index (χ1) is 10.4. The highest BCUT2D eigenvalue weighted by Crippen LogP contribution is 2.37. The topological polar surface area (TPSA) is 29.5 Å². The zero-order valence-corrected chi connectivity index (χ0v) is 15.1. The van der Waals surface area contributed by atoms with E-state index in [0.717, 1.165) is 44.9 Å². The number of amides is 1. The number of ether oxygens (including phenoxy) is 1. The molecule has 2 fully saturated rings. The van der Waals surface area contributed by atoms with Crippen molar-refractivity contribution in [1.82, 2.24) is 4.90 Å². The third-order valence-electron chi connectivity index (χ3n) is 5.41. The van der Waals surface area contributed by atoms with Gasteiger partial charge in [0.2, 0.25) is 5.91 Å². The van der Waals surface area contributed by atoms with Crippen LogP contribution >= 0.6 is 0 Å². The summed E-state index contributed by atoms with van der Waals surface area (Å²) < 4.78 is 5.88. The minimum atomic E-state index is -0.0182. The zero-order valence-electron chi connectivity index (χ0n) is 15.1. The van der Waals surface area contributed by atoms with Crippen molar-refractivity contribution in [2.75, 3.05) is 19.7 Å². The summed E-state index contributed by atoms with van der Waals surface area (Å²) in [4.78, 5) is 14.7. The highest BCUT2D eigenvalue weighted by atomic mass is 16.5. The molecular weight excluding hydrogens is 274 g/mol. The first-order valence-corrected chi connectivity index (χ1v) is 9.29. The van der Waals surface area contributed by atoms with Crippen LogP contribution in [0.5, 0.6) is 0 Å². The molecule has 0 spiro atoms. The molecule has 3 nitrogen and oxygen atoms in total. The van der Waals surface area contributed by atoms with E-state index in [1.54, 1.807) is 0 Å². The van der Waals surface area contributed by atoms with Crippen molar-refractivity contribution in [3.05, 3.63) is 0 Å².